The molecule has 0 saturated carbocycles. The van der Waals surface area contributed by atoms with Crippen molar-refractivity contribution in [3.05, 3.63) is 257 Å². The summed E-state index contributed by atoms with van der Waals surface area (Å²) in [5.41, 5.74) is 18.1. The van der Waals surface area contributed by atoms with Gasteiger partial charge in [0, 0.05) is 55.5 Å². The molecule has 2 aromatic heterocycles. The van der Waals surface area contributed by atoms with E-state index in [1.165, 1.54) is 66.1 Å². The van der Waals surface area contributed by atoms with Gasteiger partial charge >= 0.3 is 0 Å². The summed E-state index contributed by atoms with van der Waals surface area (Å²) in [5, 5.41) is 7.81. The molecule has 8 aromatic carbocycles. The van der Waals surface area contributed by atoms with E-state index in [0.29, 0.717) is 5.82 Å². The van der Waals surface area contributed by atoms with Crippen LogP contribution in [-0.2, 0) is 0 Å². The molecule has 2 aliphatic rings. The summed E-state index contributed by atoms with van der Waals surface area (Å²) >= 11 is 0. The lowest BCUT2D eigenvalue weighted by Crippen LogP contribution is -2.31. The fraction of sp³-hybridized carbons (Fsp3) is 0.0645. The van der Waals surface area contributed by atoms with E-state index < -0.39 is 0 Å². The van der Waals surface area contributed by atoms with Crippen LogP contribution in [0.3, 0.4) is 0 Å². The van der Waals surface area contributed by atoms with Crippen LogP contribution in [0.5, 0.6) is 0 Å². The third kappa shape index (κ3) is 7.23. The molecule has 0 saturated heterocycles. The average molecular weight is 847 g/mol. The zero-order valence-corrected chi connectivity index (χ0v) is 36.6. The Morgan fingerprint density at radius 1 is 0.500 bits per heavy atom. The summed E-state index contributed by atoms with van der Waals surface area (Å²) in [7, 11) is 0. The van der Waals surface area contributed by atoms with Gasteiger partial charge < -0.3 is 9.88 Å². The van der Waals surface area contributed by atoms with Crippen LogP contribution in [0.1, 0.15) is 46.2 Å². The Bertz CT molecular complexity index is 3550. The summed E-state index contributed by atoms with van der Waals surface area (Å²) in [6, 6.07) is 75.9. The number of nitrogens with zero attached hydrogens (tertiary/aromatic N) is 3. The summed E-state index contributed by atoms with van der Waals surface area (Å²) in [6.45, 7) is 2.19. The number of aryl methyl sites for hydroxylation is 1. The molecule has 4 nitrogen and oxygen atoms in total. The van der Waals surface area contributed by atoms with Gasteiger partial charge in [0.05, 0.1) is 22.9 Å². The average Bonchev–Trinajstić information content (AvgIpc) is 3.73. The van der Waals surface area contributed by atoms with E-state index in [2.05, 4.69) is 235 Å². The standard InChI is InChI=1S/C62H46N4/c1-41-17-11-12-28-51(41)46-22-15-24-48(35-46)57-39-53(47-23-16-25-49(36-47)62-64-58(42-18-5-2-6-19-42)40-59(65-62)43-20-7-3-8-21-43)54-37-44(31-33-56(54)63-57)45-32-34-61-55(38-45)52-29-13-14-30-60(52)66(61)50-26-9-4-10-27-50/h2-31,33-40,45,57,63H,32H2,1H3. The van der Waals surface area contributed by atoms with Crippen LogP contribution in [-0.4, -0.2) is 14.5 Å². The van der Waals surface area contributed by atoms with E-state index >= 15 is 0 Å². The highest BCUT2D eigenvalue weighted by molar-refractivity contribution is 5.91. The quantitative estimate of drug-likeness (QED) is 0.166. The largest absolute Gasteiger partial charge is 0.374 e. The minimum absolute atomic E-state index is 0.0606. The molecule has 1 aliphatic carbocycles. The number of benzene rings is 8. The molecule has 2 unspecified atom stereocenters. The number of fused-ring (bicyclic) bond motifs is 4. The molecule has 2 atom stereocenters. The van der Waals surface area contributed by atoms with Crippen molar-refractivity contribution < 1.29 is 0 Å². The van der Waals surface area contributed by atoms with Gasteiger partial charge in [-0.2, -0.15) is 0 Å². The Kier molecular flexibility index (Phi) is 9.91. The molecule has 4 heteroatoms. The Morgan fingerprint density at radius 3 is 1.92 bits per heavy atom. The predicted octanol–water partition coefficient (Wildman–Crippen LogP) is 13.7. The summed E-state index contributed by atoms with van der Waals surface area (Å²) in [4.78, 5) is 10.4. The fourth-order valence-corrected chi connectivity index (χ4v) is 10.0. The minimum atomic E-state index is -0.0606. The Labute approximate surface area is 385 Å². The second-order valence-corrected chi connectivity index (χ2v) is 17.4. The molecule has 0 radical (unpaired) electrons. The highest BCUT2D eigenvalue weighted by Crippen LogP contribution is 2.42. The summed E-state index contributed by atoms with van der Waals surface area (Å²) < 4.78 is 2.41. The van der Waals surface area contributed by atoms with E-state index in [9.17, 15) is 0 Å². The number of anilines is 1. The number of nitrogens with one attached hydrogen (secondary N) is 1. The Balaban J connectivity index is 0.992. The van der Waals surface area contributed by atoms with E-state index in [-0.39, 0.29) is 12.0 Å². The lowest BCUT2D eigenvalue weighted by atomic mass is 9.84. The van der Waals surface area contributed by atoms with Gasteiger partial charge in [-0.3, -0.25) is 0 Å². The van der Waals surface area contributed by atoms with Gasteiger partial charge in [-0.05, 0) is 107 Å². The molecule has 1 aliphatic heterocycles. The van der Waals surface area contributed by atoms with Crippen LogP contribution >= 0.6 is 0 Å². The molecule has 1 N–H and O–H groups in total. The fourth-order valence-electron chi connectivity index (χ4n) is 10.0. The molecule has 66 heavy (non-hydrogen) atoms. The maximum Gasteiger partial charge on any atom is 0.160 e. The van der Waals surface area contributed by atoms with E-state index in [1.54, 1.807) is 0 Å². The van der Waals surface area contributed by atoms with Crippen LogP contribution in [0, 0.1) is 6.92 Å². The van der Waals surface area contributed by atoms with Crippen molar-refractivity contribution in [2.75, 3.05) is 5.32 Å². The van der Waals surface area contributed by atoms with Crippen molar-refractivity contribution in [2.45, 2.75) is 25.3 Å². The Hall–Kier alpha value is -8.34. The maximum absolute atomic E-state index is 5.22. The Morgan fingerprint density at radius 2 is 1.15 bits per heavy atom. The highest BCUT2D eigenvalue weighted by atomic mass is 15.0. The molecule has 0 amide bonds. The molecular formula is C62H46N4. The zero-order chi connectivity index (χ0) is 44.0. The molecular weight excluding hydrogens is 801 g/mol. The first-order valence-corrected chi connectivity index (χ1v) is 22.9. The second-order valence-electron chi connectivity index (χ2n) is 17.4. The summed E-state index contributed by atoms with van der Waals surface area (Å²) in [5.74, 6) is 0.903. The molecule has 0 fully saturated rings. The lowest BCUT2D eigenvalue weighted by molar-refractivity contribution is 0.903. The maximum atomic E-state index is 5.22. The molecule has 0 bridgehead atoms. The molecule has 0 spiro atoms. The number of rotatable bonds is 8. The highest BCUT2D eigenvalue weighted by Gasteiger charge is 2.25. The number of hydrogen-bond donors (Lipinski definition) is 1. The van der Waals surface area contributed by atoms with Crippen molar-refractivity contribution in [3.8, 4) is 50.7 Å². The normalized spacial score (nSPS) is 15.1. The monoisotopic (exact) mass is 846 g/mol. The van der Waals surface area contributed by atoms with Crippen LogP contribution in [0.2, 0.25) is 0 Å². The number of hydrogen-bond acceptors (Lipinski definition) is 3. The van der Waals surface area contributed by atoms with Gasteiger partial charge in [0.1, 0.15) is 0 Å². The van der Waals surface area contributed by atoms with Crippen molar-refractivity contribution in [1.29, 1.82) is 0 Å². The third-order valence-corrected chi connectivity index (χ3v) is 13.3. The van der Waals surface area contributed by atoms with Crippen LogP contribution < -0.4 is 15.9 Å². The van der Waals surface area contributed by atoms with Crippen molar-refractivity contribution in [3.63, 3.8) is 0 Å². The SMILES string of the molecule is Cc1ccccc1-c1cccc(C2C=C(c3cccc(-c4nc(-c5ccccc5)cc(-c5ccccc5)n4)c3)c3cc(C4C=c5c(n(-c6ccccc6)c6ccccc56)=CC4)ccc3N2)c1. The molecule has 314 valence electrons. The number of para-hydroxylation sites is 2. The summed E-state index contributed by atoms with van der Waals surface area (Å²) in [6.07, 6.45) is 8.27. The van der Waals surface area contributed by atoms with Crippen LogP contribution in [0.4, 0.5) is 5.69 Å². The smallest absolute Gasteiger partial charge is 0.160 e. The predicted molar refractivity (Wildman–Crippen MR) is 274 cm³/mol. The molecule has 3 heterocycles. The molecule has 12 rings (SSSR count). The third-order valence-electron chi connectivity index (χ3n) is 13.3. The minimum Gasteiger partial charge on any atom is -0.374 e. The van der Waals surface area contributed by atoms with Gasteiger partial charge in [0.15, 0.2) is 5.82 Å². The van der Waals surface area contributed by atoms with Crippen molar-refractivity contribution in [1.82, 2.24) is 14.5 Å². The number of aromatic nitrogens is 3. The van der Waals surface area contributed by atoms with Gasteiger partial charge in [0.25, 0.3) is 0 Å². The molecule has 10 aromatic rings. The van der Waals surface area contributed by atoms with Gasteiger partial charge in [-0.1, -0.05) is 176 Å². The van der Waals surface area contributed by atoms with Crippen molar-refractivity contribution in [2.24, 2.45) is 0 Å². The van der Waals surface area contributed by atoms with Gasteiger partial charge in [-0.25, -0.2) is 9.97 Å². The lowest BCUT2D eigenvalue weighted by Gasteiger charge is -2.29. The van der Waals surface area contributed by atoms with E-state index in [0.717, 1.165) is 45.7 Å². The van der Waals surface area contributed by atoms with Gasteiger partial charge in [0.2, 0.25) is 0 Å². The van der Waals surface area contributed by atoms with Crippen LogP contribution in [0.15, 0.2) is 218 Å². The topological polar surface area (TPSA) is 42.7 Å². The first-order valence-electron chi connectivity index (χ1n) is 22.9. The zero-order valence-electron chi connectivity index (χ0n) is 36.6. The van der Waals surface area contributed by atoms with Crippen LogP contribution in [0.25, 0.3) is 79.3 Å². The van der Waals surface area contributed by atoms with Gasteiger partial charge in [-0.15, -0.1) is 0 Å². The van der Waals surface area contributed by atoms with E-state index in [4.69, 9.17) is 9.97 Å². The first kappa shape index (κ1) is 39.3. The van der Waals surface area contributed by atoms with Crippen molar-refractivity contribution >= 4 is 34.3 Å². The second kappa shape index (κ2) is 16.7. The van der Waals surface area contributed by atoms with E-state index in [1.807, 2.05) is 12.1 Å². The first-order chi connectivity index (χ1) is 32.6.